The third-order valence-corrected chi connectivity index (χ3v) is 2.81. The molecule has 0 atom stereocenters. The minimum Gasteiger partial charge on any atom is -0.381 e. The Bertz CT molecular complexity index is 376. The van der Waals surface area contributed by atoms with Gasteiger partial charge in [-0.1, -0.05) is 11.6 Å². The van der Waals surface area contributed by atoms with Crippen molar-refractivity contribution in [3.63, 3.8) is 0 Å². The molecule has 2 rings (SSSR count). The Kier molecular flexibility index (Phi) is 3.36. The summed E-state index contributed by atoms with van der Waals surface area (Å²) < 4.78 is 5.12. The van der Waals surface area contributed by atoms with Crippen LogP contribution in [0.25, 0.3) is 0 Å². The van der Waals surface area contributed by atoms with Gasteiger partial charge in [0.1, 0.15) is 10.8 Å². The fraction of sp³-hybridized carbons (Fsp3) is 0.500. The Morgan fingerprint density at radius 2 is 2.25 bits per heavy atom. The van der Waals surface area contributed by atoms with Crippen molar-refractivity contribution in [3.05, 3.63) is 23.2 Å². The van der Waals surface area contributed by atoms with E-state index in [2.05, 4.69) is 15.3 Å². The van der Waals surface area contributed by atoms with Gasteiger partial charge in [-0.25, -0.2) is 9.97 Å². The monoisotopic (exact) mass is 241 g/mol. The second-order valence-corrected chi connectivity index (χ2v) is 4.11. The van der Waals surface area contributed by atoms with Crippen molar-refractivity contribution >= 4 is 17.5 Å². The molecule has 1 amide bonds. The van der Waals surface area contributed by atoms with Crippen LogP contribution in [-0.4, -0.2) is 35.1 Å². The first kappa shape index (κ1) is 11.3. The molecule has 86 valence electrons. The first-order valence-corrected chi connectivity index (χ1v) is 5.38. The third-order valence-electron chi connectivity index (χ3n) is 2.62. The lowest BCUT2D eigenvalue weighted by atomic mass is 9.89. The van der Waals surface area contributed by atoms with Crippen LogP contribution >= 0.6 is 11.6 Å². The van der Waals surface area contributed by atoms with Crippen molar-refractivity contribution in [1.82, 2.24) is 15.3 Å². The van der Waals surface area contributed by atoms with E-state index in [0.29, 0.717) is 0 Å². The van der Waals surface area contributed by atoms with Crippen molar-refractivity contribution in [2.75, 3.05) is 7.11 Å². The Morgan fingerprint density at radius 1 is 1.50 bits per heavy atom. The van der Waals surface area contributed by atoms with Gasteiger partial charge in [0.25, 0.3) is 5.91 Å². The number of carbonyl (C=O) groups is 1. The van der Waals surface area contributed by atoms with Gasteiger partial charge < -0.3 is 10.1 Å². The van der Waals surface area contributed by atoms with Gasteiger partial charge in [0.05, 0.1) is 18.5 Å². The number of halogens is 1. The van der Waals surface area contributed by atoms with Crippen molar-refractivity contribution in [2.24, 2.45) is 0 Å². The van der Waals surface area contributed by atoms with E-state index in [0.717, 1.165) is 12.8 Å². The second-order valence-electron chi connectivity index (χ2n) is 3.72. The van der Waals surface area contributed by atoms with Crippen LogP contribution < -0.4 is 5.32 Å². The number of hydrogen-bond acceptors (Lipinski definition) is 4. The summed E-state index contributed by atoms with van der Waals surface area (Å²) in [6.45, 7) is 0. The Balaban J connectivity index is 1.87. The van der Waals surface area contributed by atoms with Gasteiger partial charge in [-0.3, -0.25) is 4.79 Å². The molecule has 1 aliphatic carbocycles. The van der Waals surface area contributed by atoms with Gasteiger partial charge in [0.2, 0.25) is 0 Å². The molecular formula is C10H12ClN3O2. The molecule has 1 fully saturated rings. The van der Waals surface area contributed by atoms with E-state index in [4.69, 9.17) is 16.3 Å². The topological polar surface area (TPSA) is 64.1 Å². The number of carbonyl (C=O) groups excluding carboxylic acids is 1. The highest BCUT2D eigenvalue weighted by atomic mass is 35.5. The Morgan fingerprint density at radius 3 is 2.81 bits per heavy atom. The van der Waals surface area contributed by atoms with Crippen LogP contribution in [0, 0.1) is 0 Å². The maximum Gasteiger partial charge on any atom is 0.271 e. The summed E-state index contributed by atoms with van der Waals surface area (Å²) >= 11 is 5.58. The molecule has 1 aliphatic rings. The van der Waals surface area contributed by atoms with E-state index in [1.807, 2.05) is 0 Å². The number of nitrogens with zero attached hydrogens (tertiary/aromatic N) is 2. The normalized spacial score (nSPS) is 23.6. The lowest BCUT2D eigenvalue weighted by Crippen LogP contribution is -2.47. The Hall–Kier alpha value is -1.20. The SMILES string of the molecule is COC1CC(NC(=O)c2cnc(Cl)cn2)C1. The minimum absolute atomic E-state index is 0.176. The van der Waals surface area contributed by atoms with Crippen LogP contribution in [0.4, 0.5) is 0 Å². The number of amides is 1. The zero-order valence-corrected chi connectivity index (χ0v) is 9.57. The molecule has 16 heavy (non-hydrogen) atoms. The summed E-state index contributed by atoms with van der Waals surface area (Å²) in [6, 6.07) is 0.176. The van der Waals surface area contributed by atoms with Gasteiger partial charge >= 0.3 is 0 Å². The van der Waals surface area contributed by atoms with Crippen molar-refractivity contribution in [2.45, 2.75) is 25.0 Å². The Labute approximate surface area is 98.2 Å². The van der Waals surface area contributed by atoms with Gasteiger partial charge in [0.15, 0.2) is 0 Å². The fourth-order valence-electron chi connectivity index (χ4n) is 1.56. The highest BCUT2D eigenvalue weighted by Gasteiger charge is 2.30. The van der Waals surface area contributed by atoms with Gasteiger partial charge in [0, 0.05) is 13.2 Å². The summed E-state index contributed by atoms with van der Waals surface area (Å²) in [5, 5.41) is 3.13. The van der Waals surface area contributed by atoms with E-state index >= 15 is 0 Å². The fourth-order valence-corrected chi connectivity index (χ4v) is 1.66. The van der Waals surface area contributed by atoms with Crippen LogP contribution in [-0.2, 0) is 4.74 Å². The zero-order chi connectivity index (χ0) is 11.5. The molecule has 0 aliphatic heterocycles. The van der Waals surface area contributed by atoms with E-state index in [1.165, 1.54) is 12.4 Å². The second kappa shape index (κ2) is 4.76. The van der Waals surface area contributed by atoms with E-state index in [-0.39, 0.29) is 28.9 Å². The quantitative estimate of drug-likeness (QED) is 0.859. The summed E-state index contributed by atoms with van der Waals surface area (Å²) in [7, 11) is 1.67. The predicted molar refractivity (Wildman–Crippen MR) is 58.3 cm³/mol. The smallest absolute Gasteiger partial charge is 0.271 e. The number of methoxy groups -OCH3 is 1. The predicted octanol–water partition coefficient (Wildman–Crippen LogP) is 1.04. The first-order chi connectivity index (χ1) is 7.69. The molecule has 6 heteroatoms. The number of hydrogen-bond donors (Lipinski definition) is 1. The highest BCUT2D eigenvalue weighted by molar-refractivity contribution is 6.29. The van der Waals surface area contributed by atoms with Gasteiger partial charge in [-0.15, -0.1) is 0 Å². The molecule has 0 unspecified atom stereocenters. The van der Waals surface area contributed by atoms with E-state index < -0.39 is 0 Å². The standard InChI is InChI=1S/C10H12ClN3O2/c1-16-7-2-6(3-7)14-10(15)8-4-13-9(11)5-12-8/h4-7H,2-3H2,1H3,(H,14,15). The maximum atomic E-state index is 11.7. The third kappa shape index (κ3) is 2.48. The molecule has 0 spiro atoms. The largest absolute Gasteiger partial charge is 0.381 e. The lowest BCUT2D eigenvalue weighted by Gasteiger charge is -2.34. The summed E-state index contributed by atoms with van der Waals surface area (Å²) in [6.07, 6.45) is 4.69. The minimum atomic E-state index is -0.219. The number of rotatable bonds is 3. The molecule has 1 saturated carbocycles. The van der Waals surface area contributed by atoms with Crippen LogP contribution in [0.2, 0.25) is 5.15 Å². The number of ether oxygens (including phenoxy) is 1. The number of aromatic nitrogens is 2. The van der Waals surface area contributed by atoms with Crippen molar-refractivity contribution in [3.8, 4) is 0 Å². The van der Waals surface area contributed by atoms with E-state index in [1.54, 1.807) is 7.11 Å². The molecule has 1 aromatic rings. The summed E-state index contributed by atoms with van der Waals surface area (Å²) in [4.78, 5) is 19.3. The molecule has 1 N–H and O–H groups in total. The van der Waals surface area contributed by atoms with Gasteiger partial charge in [-0.05, 0) is 12.8 Å². The zero-order valence-electron chi connectivity index (χ0n) is 8.81. The number of nitrogens with one attached hydrogen (secondary N) is 1. The van der Waals surface area contributed by atoms with Crippen LogP contribution in [0.1, 0.15) is 23.3 Å². The van der Waals surface area contributed by atoms with Crippen molar-refractivity contribution < 1.29 is 9.53 Å². The molecule has 0 bridgehead atoms. The summed E-state index contributed by atoms with van der Waals surface area (Å²) in [5.41, 5.74) is 0.283. The maximum absolute atomic E-state index is 11.7. The highest BCUT2D eigenvalue weighted by Crippen LogP contribution is 2.22. The van der Waals surface area contributed by atoms with Crippen LogP contribution in [0.15, 0.2) is 12.4 Å². The molecule has 5 nitrogen and oxygen atoms in total. The van der Waals surface area contributed by atoms with Crippen molar-refractivity contribution in [1.29, 1.82) is 0 Å². The van der Waals surface area contributed by atoms with E-state index in [9.17, 15) is 4.79 Å². The molecule has 1 aromatic heterocycles. The lowest BCUT2D eigenvalue weighted by molar-refractivity contribution is 0.0175. The van der Waals surface area contributed by atoms with Gasteiger partial charge in [-0.2, -0.15) is 0 Å². The molecule has 0 aromatic carbocycles. The van der Waals surface area contributed by atoms with Crippen LogP contribution in [0.3, 0.4) is 0 Å². The summed E-state index contributed by atoms with van der Waals surface area (Å²) in [5.74, 6) is -0.219. The molecular weight excluding hydrogens is 230 g/mol. The molecule has 0 radical (unpaired) electrons. The molecule has 1 heterocycles. The first-order valence-electron chi connectivity index (χ1n) is 5.00. The van der Waals surface area contributed by atoms with Crippen LogP contribution in [0.5, 0.6) is 0 Å². The molecule has 0 saturated heterocycles. The average Bonchev–Trinajstić information content (AvgIpc) is 2.23. The average molecular weight is 242 g/mol.